The Balaban J connectivity index is 2.63. The van der Waals surface area contributed by atoms with Crippen LogP contribution < -0.4 is 0 Å². The molecule has 1 amide bonds. The molecule has 0 aromatic carbocycles. The lowest BCUT2D eigenvalue weighted by Gasteiger charge is -2.30. The van der Waals surface area contributed by atoms with Crippen molar-refractivity contribution in [3.8, 4) is 0 Å². The minimum atomic E-state index is -4.50. The fourth-order valence-corrected chi connectivity index (χ4v) is 2.14. The molecule has 21 heavy (non-hydrogen) atoms. The maximum atomic E-state index is 12.0. The first kappa shape index (κ1) is 17.7. The number of nitrogens with zero attached hydrogens (tertiary/aromatic N) is 1. The Morgan fingerprint density at radius 2 is 2.05 bits per heavy atom. The Morgan fingerprint density at radius 1 is 1.38 bits per heavy atom. The van der Waals surface area contributed by atoms with E-state index in [0.29, 0.717) is 6.42 Å². The van der Waals surface area contributed by atoms with E-state index in [2.05, 4.69) is 4.74 Å². The number of ether oxygens (including phenoxy) is 2. The molecule has 1 saturated heterocycles. The van der Waals surface area contributed by atoms with E-state index >= 15 is 0 Å². The first-order chi connectivity index (χ1) is 9.76. The average molecular weight is 313 g/mol. The molecule has 1 fully saturated rings. The molecule has 1 N–H and O–H groups in total. The lowest BCUT2D eigenvalue weighted by atomic mass is 10.0. The molecule has 2 atom stereocenters. The summed E-state index contributed by atoms with van der Waals surface area (Å²) in [5, 5.41) is 9.07. The Hall–Kier alpha value is -1.35. The lowest BCUT2D eigenvalue weighted by Crippen LogP contribution is -2.48. The zero-order valence-electron chi connectivity index (χ0n) is 11.6. The molecule has 0 aromatic heterocycles. The second-order valence-corrected chi connectivity index (χ2v) is 4.74. The summed E-state index contributed by atoms with van der Waals surface area (Å²) in [7, 11) is 0. The fraction of sp³-hybridized carbons (Fsp3) is 0.833. The molecule has 0 radical (unpaired) electrons. The molecule has 0 bridgehead atoms. The topological polar surface area (TPSA) is 76.1 Å². The van der Waals surface area contributed by atoms with E-state index in [1.807, 2.05) is 0 Å². The number of carbonyl (C=O) groups is 2. The third-order valence-corrected chi connectivity index (χ3v) is 3.04. The van der Waals surface area contributed by atoms with E-state index in [0.717, 1.165) is 0 Å². The number of hydrogen-bond acceptors (Lipinski definition) is 4. The van der Waals surface area contributed by atoms with E-state index in [1.54, 1.807) is 6.92 Å². The van der Waals surface area contributed by atoms with Crippen molar-refractivity contribution < 1.29 is 37.3 Å². The molecule has 1 heterocycles. The molecular weight excluding hydrogens is 295 g/mol. The van der Waals surface area contributed by atoms with Crippen molar-refractivity contribution in [1.82, 2.24) is 4.90 Å². The highest BCUT2D eigenvalue weighted by molar-refractivity contribution is 5.79. The summed E-state index contributed by atoms with van der Waals surface area (Å²) in [6, 6.07) is -0.676. The predicted octanol–water partition coefficient (Wildman–Crippen LogP) is 0.903. The number of aliphatic carboxylic acids is 1. The van der Waals surface area contributed by atoms with Gasteiger partial charge in [-0.15, -0.1) is 0 Å². The maximum absolute atomic E-state index is 12.0. The molecule has 122 valence electrons. The molecule has 0 spiro atoms. The third-order valence-electron chi connectivity index (χ3n) is 3.04. The molecule has 9 heteroatoms. The summed E-state index contributed by atoms with van der Waals surface area (Å²) in [4.78, 5) is 24.3. The van der Waals surface area contributed by atoms with Gasteiger partial charge in [0, 0.05) is 6.54 Å². The zero-order chi connectivity index (χ0) is 16.0. The number of carboxylic acids is 1. The highest BCUT2D eigenvalue weighted by Crippen LogP contribution is 2.21. The van der Waals surface area contributed by atoms with E-state index in [1.165, 1.54) is 4.90 Å². The van der Waals surface area contributed by atoms with Crippen molar-refractivity contribution in [1.29, 1.82) is 0 Å². The molecule has 0 aromatic rings. The number of halogens is 3. The van der Waals surface area contributed by atoms with E-state index in [4.69, 9.17) is 9.84 Å². The van der Waals surface area contributed by atoms with Crippen LogP contribution in [-0.4, -0.2) is 67.1 Å². The lowest BCUT2D eigenvalue weighted by molar-refractivity contribution is -0.178. The molecule has 0 aliphatic carbocycles. The van der Waals surface area contributed by atoms with Crippen molar-refractivity contribution in [2.24, 2.45) is 5.92 Å². The minimum Gasteiger partial charge on any atom is -0.481 e. The minimum absolute atomic E-state index is 0.0170. The molecule has 1 rings (SSSR count). The van der Waals surface area contributed by atoms with E-state index in [9.17, 15) is 22.8 Å². The molecule has 1 aliphatic rings. The number of amides is 1. The second kappa shape index (κ2) is 7.60. The monoisotopic (exact) mass is 313 g/mol. The van der Waals surface area contributed by atoms with Gasteiger partial charge in [0.25, 0.3) is 0 Å². The summed E-state index contributed by atoms with van der Waals surface area (Å²) in [5.74, 6) is -2.63. The molecule has 0 saturated carbocycles. The van der Waals surface area contributed by atoms with Crippen LogP contribution in [0.3, 0.4) is 0 Å². The van der Waals surface area contributed by atoms with Crippen LogP contribution in [-0.2, 0) is 19.1 Å². The van der Waals surface area contributed by atoms with Crippen LogP contribution in [0.5, 0.6) is 0 Å². The Morgan fingerprint density at radius 3 is 2.57 bits per heavy atom. The van der Waals surface area contributed by atoms with Gasteiger partial charge in [-0.05, 0) is 6.42 Å². The Labute approximate surface area is 119 Å². The largest absolute Gasteiger partial charge is 0.481 e. The van der Waals surface area contributed by atoms with E-state index in [-0.39, 0.29) is 19.8 Å². The number of hydrogen-bond donors (Lipinski definition) is 1. The number of carboxylic acid groups (broad SMARTS) is 1. The Bertz CT molecular complexity index is 374. The van der Waals surface area contributed by atoms with Gasteiger partial charge in [-0.2, -0.15) is 13.2 Å². The number of carbonyl (C=O) groups excluding carboxylic acids is 1. The average Bonchev–Trinajstić information content (AvgIpc) is 2.83. The standard InChI is InChI=1S/C12H18F3NO5/c1-2-3-16(9-5-20-4-8(9)11(18)19)10(17)6-21-7-12(13,14)15/h8-9H,2-7H2,1H3,(H,18,19). The molecule has 1 aliphatic heterocycles. The maximum Gasteiger partial charge on any atom is 0.411 e. The molecule has 6 nitrogen and oxygen atoms in total. The van der Waals surface area contributed by atoms with Gasteiger partial charge >= 0.3 is 12.1 Å². The van der Waals surface area contributed by atoms with Gasteiger partial charge in [0.15, 0.2) is 0 Å². The fourth-order valence-electron chi connectivity index (χ4n) is 2.14. The van der Waals surface area contributed by atoms with Crippen LogP contribution in [0.2, 0.25) is 0 Å². The quantitative estimate of drug-likeness (QED) is 0.756. The van der Waals surface area contributed by atoms with Gasteiger partial charge in [-0.3, -0.25) is 9.59 Å². The summed E-state index contributed by atoms with van der Waals surface area (Å²) < 4.78 is 45.3. The highest BCUT2D eigenvalue weighted by Gasteiger charge is 2.40. The van der Waals surface area contributed by atoms with Crippen LogP contribution in [0.25, 0.3) is 0 Å². The van der Waals surface area contributed by atoms with Crippen LogP contribution in [0, 0.1) is 5.92 Å². The summed E-state index contributed by atoms with van der Waals surface area (Å²) >= 11 is 0. The van der Waals surface area contributed by atoms with Crippen molar-refractivity contribution >= 4 is 11.9 Å². The van der Waals surface area contributed by atoms with Gasteiger partial charge in [0.2, 0.25) is 5.91 Å². The zero-order valence-corrected chi connectivity index (χ0v) is 11.6. The normalized spacial score (nSPS) is 22.3. The van der Waals surface area contributed by atoms with E-state index < -0.39 is 43.2 Å². The summed E-state index contributed by atoms with van der Waals surface area (Å²) in [6.45, 7) is -0.183. The van der Waals surface area contributed by atoms with Crippen molar-refractivity contribution in [2.45, 2.75) is 25.6 Å². The molecular formula is C12H18F3NO5. The van der Waals surface area contributed by atoms with Gasteiger partial charge in [-0.1, -0.05) is 6.92 Å². The predicted molar refractivity (Wildman–Crippen MR) is 64.6 cm³/mol. The SMILES string of the molecule is CCCN(C(=O)COCC(F)(F)F)C1COCC1C(=O)O. The smallest absolute Gasteiger partial charge is 0.411 e. The summed E-state index contributed by atoms with van der Waals surface area (Å²) in [6.07, 6.45) is -3.95. The van der Waals surface area contributed by atoms with Gasteiger partial charge in [-0.25, -0.2) is 0 Å². The molecule has 2 unspecified atom stereocenters. The van der Waals surface area contributed by atoms with Crippen LogP contribution in [0.4, 0.5) is 13.2 Å². The van der Waals surface area contributed by atoms with Gasteiger partial charge in [0.05, 0.1) is 19.3 Å². The Kier molecular flexibility index (Phi) is 6.41. The van der Waals surface area contributed by atoms with Crippen molar-refractivity contribution in [3.05, 3.63) is 0 Å². The second-order valence-electron chi connectivity index (χ2n) is 4.74. The van der Waals surface area contributed by atoms with Crippen molar-refractivity contribution in [3.63, 3.8) is 0 Å². The highest BCUT2D eigenvalue weighted by atomic mass is 19.4. The van der Waals surface area contributed by atoms with Crippen LogP contribution in [0.1, 0.15) is 13.3 Å². The third kappa shape index (κ3) is 5.50. The van der Waals surface area contributed by atoms with Gasteiger partial charge < -0.3 is 19.5 Å². The van der Waals surface area contributed by atoms with Crippen molar-refractivity contribution in [2.75, 3.05) is 33.0 Å². The first-order valence-corrected chi connectivity index (χ1v) is 6.50. The van der Waals surface area contributed by atoms with Gasteiger partial charge in [0.1, 0.15) is 19.1 Å². The summed E-state index contributed by atoms with van der Waals surface area (Å²) in [5.41, 5.74) is 0. The van der Waals surface area contributed by atoms with Crippen LogP contribution >= 0.6 is 0 Å². The number of rotatable bonds is 7. The number of alkyl halides is 3. The first-order valence-electron chi connectivity index (χ1n) is 6.50. The van der Waals surface area contributed by atoms with Crippen LogP contribution in [0.15, 0.2) is 0 Å².